The Kier molecular flexibility index (Phi) is 9.11. The lowest BCUT2D eigenvalue weighted by Crippen LogP contribution is -2.46. The standard InChI is InChI=1S/C28H32F3N3O5/c1-27(13-14-37-16-20-3-5-22(36-2)6-4-20)12-11-21(25(26(27)35)15-34-19-32-18-33-34)17-38-23-7-9-24(10-8-23)39-28(29,30)31/h3-10,18-19,21,25H,11-17H2,1-2H3/t21-,25-,27-/m0/s1. The second-order valence-electron chi connectivity index (χ2n) is 9.93. The third-order valence-electron chi connectivity index (χ3n) is 7.17. The van der Waals surface area contributed by atoms with Crippen molar-refractivity contribution in [1.82, 2.24) is 14.8 Å². The zero-order valence-corrected chi connectivity index (χ0v) is 21.9. The minimum Gasteiger partial charge on any atom is -0.497 e. The Morgan fingerprint density at radius 1 is 1.05 bits per heavy atom. The van der Waals surface area contributed by atoms with Gasteiger partial charge in [-0.2, -0.15) is 5.10 Å². The number of alkyl halides is 3. The lowest BCUT2D eigenvalue weighted by Gasteiger charge is -2.41. The van der Waals surface area contributed by atoms with Gasteiger partial charge in [-0.05, 0) is 61.2 Å². The zero-order chi connectivity index (χ0) is 27.9. The van der Waals surface area contributed by atoms with E-state index in [2.05, 4.69) is 14.8 Å². The number of halogens is 3. The molecule has 0 amide bonds. The smallest absolute Gasteiger partial charge is 0.497 e. The van der Waals surface area contributed by atoms with Crippen LogP contribution < -0.4 is 14.2 Å². The van der Waals surface area contributed by atoms with Crippen LogP contribution in [0, 0.1) is 17.3 Å². The second-order valence-corrected chi connectivity index (χ2v) is 9.93. The topological polar surface area (TPSA) is 84.7 Å². The molecule has 0 saturated heterocycles. The van der Waals surface area contributed by atoms with Crippen molar-refractivity contribution in [2.75, 3.05) is 20.3 Å². The summed E-state index contributed by atoms with van der Waals surface area (Å²) in [4.78, 5) is 17.8. The van der Waals surface area contributed by atoms with Crippen molar-refractivity contribution in [3.63, 3.8) is 0 Å². The Balaban J connectivity index is 1.35. The molecule has 0 radical (unpaired) electrons. The monoisotopic (exact) mass is 547 g/mol. The molecule has 1 aromatic heterocycles. The first-order valence-electron chi connectivity index (χ1n) is 12.7. The second kappa shape index (κ2) is 12.5. The molecule has 1 aliphatic rings. The minimum atomic E-state index is -4.76. The highest BCUT2D eigenvalue weighted by Gasteiger charge is 2.45. The fraction of sp³-hybridized carbons (Fsp3) is 0.464. The Morgan fingerprint density at radius 3 is 2.38 bits per heavy atom. The molecular formula is C28H32F3N3O5. The molecule has 0 spiro atoms. The number of rotatable bonds is 12. The molecule has 39 heavy (non-hydrogen) atoms. The number of methoxy groups -OCH3 is 1. The number of hydrogen-bond donors (Lipinski definition) is 0. The van der Waals surface area contributed by atoms with E-state index < -0.39 is 11.8 Å². The third kappa shape index (κ3) is 7.95. The van der Waals surface area contributed by atoms with Crippen LogP contribution in [-0.2, 0) is 22.7 Å². The zero-order valence-electron chi connectivity index (χ0n) is 21.9. The molecule has 1 heterocycles. The Bertz CT molecular complexity index is 1190. The number of carbonyl (C=O) groups is 1. The molecule has 1 aliphatic carbocycles. The van der Waals surface area contributed by atoms with Gasteiger partial charge in [-0.3, -0.25) is 9.48 Å². The van der Waals surface area contributed by atoms with Crippen molar-refractivity contribution in [3.05, 3.63) is 66.7 Å². The molecule has 8 nitrogen and oxygen atoms in total. The van der Waals surface area contributed by atoms with Gasteiger partial charge >= 0.3 is 6.36 Å². The molecule has 0 bridgehead atoms. The fourth-order valence-corrected chi connectivity index (χ4v) is 4.85. The van der Waals surface area contributed by atoms with E-state index in [0.717, 1.165) is 17.7 Å². The number of ether oxygens (including phenoxy) is 4. The lowest BCUT2D eigenvalue weighted by molar-refractivity contribution is -0.274. The van der Waals surface area contributed by atoms with Crippen LogP contribution in [0.5, 0.6) is 17.2 Å². The van der Waals surface area contributed by atoms with Crippen LogP contribution in [0.2, 0.25) is 0 Å². The van der Waals surface area contributed by atoms with Crippen LogP contribution >= 0.6 is 0 Å². The van der Waals surface area contributed by atoms with E-state index in [9.17, 15) is 18.0 Å². The molecular weight excluding hydrogens is 515 g/mol. The van der Waals surface area contributed by atoms with Crippen LogP contribution in [0.25, 0.3) is 0 Å². The molecule has 3 aromatic rings. The third-order valence-corrected chi connectivity index (χ3v) is 7.17. The molecule has 0 unspecified atom stereocenters. The summed E-state index contributed by atoms with van der Waals surface area (Å²) >= 11 is 0. The average molecular weight is 548 g/mol. The molecule has 3 atom stereocenters. The molecule has 1 saturated carbocycles. The van der Waals surface area contributed by atoms with Gasteiger partial charge in [0, 0.05) is 23.9 Å². The Hall–Kier alpha value is -3.60. The summed E-state index contributed by atoms with van der Waals surface area (Å²) in [6.45, 7) is 3.48. The maximum Gasteiger partial charge on any atom is 0.573 e. The molecule has 0 aliphatic heterocycles. The maximum absolute atomic E-state index is 13.8. The van der Waals surface area contributed by atoms with E-state index in [1.165, 1.54) is 30.6 Å². The summed E-state index contributed by atoms with van der Waals surface area (Å²) in [6, 6.07) is 12.9. The molecule has 11 heteroatoms. The number of aromatic nitrogens is 3. The van der Waals surface area contributed by atoms with Crippen LogP contribution in [0.3, 0.4) is 0 Å². The summed E-state index contributed by atoms with van der Waals surface area (Å²) in [6.07, 6.45) is 0.258. The number of ketones is 1. The Morgan fingerprint density at radius 2 is 1.74 bits per heavy atom. The first-order chi connectivity index (χ1) is 18.6. The number of benzene rings is 2. The summed E-state index contributed by atoms with van der Waals surface area (Å²) in [7, 11) is 1.62. The van der Waals surface area contributed by atoms with Gasteiger partial charge in [-0.1, -0.05) is 19.1 Å². The summed E-state index contributed by atoms with van der Waals surface area (Å²) in [5.74, 6) is 0.526. The summed E-state index contributed by atoms with van der Waals surface area (Å²) < 4.78 is 59.8. The van der Waals surface area contributed by atoms with E-state index in [-0.39, 0.29) is 30.0 Å². The van der Waals surface area contributed by atoms with Crippen molar-refractivity contribution in [2.45, 2.75) is 45.7 Å². The van der Waals surface area contributed by atoms with Crippen LogP contribution in [0.1, 0.15) is 31.7 Å². The van der Waals surface area contributed by atoms with Crippen molar-refractivity contribution in [3.8, 4) is 17.2 Å². The highest BCUT2D eigenvalue weighted by molar-refractivity contribution is 5.87. The molecule has 4 rings (SSSR count). The minimum absolute atomic E-state index is 0.0962. The van der Waals surface area contributed by atoms with E-state index in [1.54, 1.807) is 18.1 Å². The van der Waals surface area contributed by atoms with E-state index in [4.69, 9.17) is 14.2 Å². The van der Waals surface area contributed by atoms with Gasteiger partial charge < -0.3 is 18.9 Å². The largest absolute Gasteiger partial charge is 0.573 e. The van der Waals surface area contributed by atoms with Gasteiger partial charge in [0.05, 0.1) is 26.9 Å². The fourth-order valence-electron chi connectivity index (χ4n) is 4.85. The highest BCUT2D eigenvalue weighted by Crippen LogP contribution is 2.42. The van der Waals surface area contributed by atoms with E-state index in [0.29, 0.717) is 38.3 Å². The molecule has 2 aromatic carbocycles. The van der Waals surface area contributed by atoms with Gasteiger partial charge in [0.25, 0.3) is 0 Å². The number of nitrogens with zero attached hydrogens (tertiary/aromatic N) is 3. The Labute approximate surface area is 225 Å². The molecule has 1 fully saturated rings. The average Bonchev–Trinajstić information content (AvgIpc) is 3.43. The lowest BCUT2D eigenvalue weighted by atomic mass is 9.64. The molecule has 210 valence electrons. The maximum atomic E-state index is 13.8. The van der Waals surface area contributed by atoms with Gasteiger partial charge in [0.2, 0.25) is 0 Å². The van der Waals surface area contributed by atoms with Crippen LogP contribution in [0.15, 0.2) is 61.2 Å². The highest BCUT2D eigenvalue weighted by atomic mass is 19.4. The van der Waals surface area contributed by atoms with E-state index >= 15 is 0 Å². The van der Waals surface area contributed by atoms with Crippen LogP contribution in [-0.4, -0.2) is 47.2 Å². The first kappa shape index (κ1) is 28.4. The van der Waals surface area contributed by atoms with E-state index in [1.807, 2.05) is 31.2 Å². The first-order valence-corrected chi connectivity index (χ1v) is 12.7. The van der Waals surface area contributed by atoms with Gasteiger partial charge in [-0.25, -0.2) is 4.98 Å². The summed E-state index contributed by atoms with van der Waals surface area (Å²) in [5, 5.41) is 4.18. The number of hydrogen-bond acceptors (Lipinski definition) is 7. The van der Waals surface area contributed by atoms with Crippen molar-refractivity contribution in [2.24, 2.45) is 17.3 Å². The number of Topliss-reactive ketones (excluding diaryl/α,β-unsaturated/α-hetero) is 1. The normalized spacial score (nSPS) is 21.5. The predicted molar refractivity (Wildman–Crippen MR) is 135 cm³/mol. The quantitative estimate of drug-likeness (QED) is 0.278. The predicted octanol–water partition coefficient (Wildman–Crippen LogP) is 5.47. The van der Waals surface area contributed by atoms with Crippen molar-refractivity contribution >= 4 is 5.78 Å². The number of carbonyl (C=O) groups excluding carboxylic acids is 1. The van der Waals surface area contributed by atoms with Crippen LogP contribution in [0.4, 0.5) is 13.2 Å². The van der Waals surface area contributed by atoms with Gasteiger partial charge in [0.1, 0.15) is 35.7 Å². The molecule has 0 N–H and O–H groups in total. The van der Waals surface area contributed by atoms with Crippen molar-refractivity contribution < 1.29 is 36.9 Å². The van der Waals surface area contributed by atoms with Gasteiger partial charge in [-0.15, -0.1) is 13.2 Å². The van der Waals surface area contributed by atoms with Gasteiger partial charge in [0.15, 0.2) is 0 Å². The van der Waals surface area contributed by atoms with Crippen molar-refractivity contribution in [1.29, 1.82) is 0 Å². The SMILES string of the molecule is COc1ccc(COCC[C@]2(C)CC[C@@H](COc3ccc(OC(F)(F)F)cc3)[C@H](Cn3cncn3)C2=O)cc1. The summed E-state index contributed by atoms with van der Waals surface area (Å²) in [5.41, 5.74) is 0.466.